The zero-order valence-corrected chi connectivity index (χ0v) is 18.7. The van der Waals surface area contributed by atoms with Gasteiger partial charge in [0.2, 0.25) is 0 Å². The van der Waals surface area contributed by atoms with Crippen molar-refractivity contribution in [2.24, 2.45) is 0 Å². The summed E-state index contributed by atoms with van der Waals surface area (Å²) in [7, 11) is 0. The van der Waals surface area contributed by atoms with E-state index in [-0.39, 0.29) is 34.5 Å². The minimum absolute atomic E-state index is 0.0951. The number of nitrogens with one attached hydrogen (secondary N) is 1. The minimum Gasteiger partial charge on any atom is -0.306 e. The van der Waals surface area contributed by atoms with Crippen LogP contribution >= 0.6 is 38.9 Å². The lowest BCUT2D eigenvalue weighted by atomic mass is 10.0. The maximum Gasteiger partial charge on any atom is 0.418 e. The molecule has 0 radical (unpaired) electrons. The monoisotopic (exact) mass is 533 g/mol. The van der Waals surface area contributed by atoms with E-state index in [0.717, 1.165) is 17.5 Å². The Morgan fingerprint density at radius 3 is 2.65 bits per heavy atom. The van der Waals surface area contributed by atoms with Gasteiger partial charge in [-0.3, -0.25) is 9.59 Å². The number of ketones is 1. The molecule has 31 heavy (non-hydrogen) atoms. The molecule has 0 spiro atoms. The van der Waals surface area contributed by atoms with Gasteiger partial charge in [0, 0.05) is 24.7 Å². The summed E-state index contributed by atoms with van der Waals surface area (Å²) < 4.78 is 39.4. The molecule has 13 heteroatoms. The average molecular weight is 535 g/mol. The van der Waals surface area contributed by atoms with Gasteiger partial charge >= 0.3 is 6.18 Å². The number of Topliss-reactive ketones (excluding diaryl/α,β-unsaturated/α-hetero) is 1. The van der Waals surface area contributed by atoms with Crippen molar-refractivity contribution in [3.8, 4) is 0 Å². The molecule has 0 bridgehead atoms. The number of hydrogen-bond donors (Lipinski definition) is 1. The second kappa shape index (κ2) is 9.37. The Morgan fingerprint density at radius 2 is 1.97 bits per heavy atom. The minimum atomic E-state index is -4.68. The van der Waals surface area contributed by atoms with Crippen molar-refractivity contribution in [3.05, 3.63) is 61.6 Å². The third kappa shape index (κ3) is 5.63. The summed E-state index contributed by atoms with van der Waals surface area (Å²) >= 11 is 9.78. The van der Waals surface area contributed by atoms with Gasteiger partial charge in [-0.15, -0.1) is 11.3 Å². The Balaban J connectivity index is 1.70. The maximum absolute atomic E-state index is 13.0. The Bertz CT molecular complexity index is 1140. The fourth-order valence-corrected chi connectivity index (χ4v) is 4.02. The summed E-state index contributed by atoms with van der Waals surface area (Å²) in [5, 5.41) is 2.24. The van der Waals surface area contributed by atoms with Crippen LogP contribution in [0, 0.1) is 0 Å². The number of carbonyl (C=O) groups is 2. The predicted octanol–water partition coefficient (Wildman–Crippen LogP) is 5.39. The van der Waals surface area contributed by atoms with Crippen molar-refractivity contribution in [2.75, 3.05) is 5.32 Å². The van der Waals surface area contributed by atoms with Crippen LogP contribution in [0.5, 0.6) is 0 Å². The summed E-state index contributed by atoms with van der Waals surface area (Å²) in [4.78, 5) is 40.6. The van der Waals surface area contributed by atoms with Crippen molar-refractivity contribution in [3.63, 3.8) is 0 Å². The highest BCUT2D eigenvalue weighted by molar-refractivity contribution is 9.10. The topological polar surface area (TPSA) is 97.7 Å². The Hall–Kier alpha value is -2.44. The first-order valence-electron chi connectivity index (χ1n) is 8.54. The number of alkyl halides is 3. The second-order valence-electron chi connectivity index (χ2n) is 6.31. The average Bonchev–Trinajstić information content (AvgIpc) is 3.19. The lowest BCUT2D eigenvalue weighted by molar-refractivity contribution is -0.137. The molecule has 0 aliphatic carbocycles. The van der Waals surface area contributed by atoms with E-state index in [4.69, 9.17) is 11.6 Å². The molecule has 3 aromatic heterocycles. The summed E-state index contributed by atoms with van der Waals surface area (Å²) in [5.74, 6) is -1.52. The fourth-order valence-electron chi connectivity index (χ4n) is 2.50. The van der Waals surface area contributed by atoms with E-state index < -0.39 is 22.7 Å². The molecule has 0 fully saturated rings. The van der Waals surface area contributed by atoms with E-state index in [1.807, 2.05) is 0 Å². The van der Waals surface area contributed by atoms with E-state index in [0.29, 0.717) is 15.5 Å². The van der Waals surface area contributed by atoms with Crippen LogP contribution in [0.25, 0.3) is 0 Å². The Labute approximate surface area is 191 Å². The zero-order valence-electron chi connectivity index (χ0n) is 15.6. The third-order valence-electron chi connectivity index (χ3n) is 3.99. The van der Waals surface area contributed by atoms with Crippen LogP contribution in [-0.2, 0) is 6.18 Å². The van der Waals surface area contributed by atoms with Gasteiger partial charge in [0.25, 0.3) is 5.91 Å². The molecule has 1 amide bonds. The normalized spacial score (nSPS) is 12.5. The van der Waals surface area contributed by atoms with E-state index in [2.05, 4.69) is 41.2 Å². The number of carbonyl (C=O) groups excluding carboxylic acids is 2. The van der Waals surface area contributed by atoms with E-state index in [9.17, 15) is 22.8 Å². The number of halogens is 5. The molecule has 1 unspecified atom stereocenters. The largest absolute Gasteiger partial charge is 0.418 e. The first-order valence-corrected chi connectivity index (χ1v) is 10.5. The molecule has 162 valence electrons. The van der Waals surface area contributed by atoms with Crippen LogP contribution < -0.4 is 5.32 Å². The van der Waals surface area contributed by atoms with Gasteiger partial charge in [0.1, 0.15) is 22.7 Å². The van der Waals surface area contributed by atoms with Crippen LogP contribution in [-0.4, -0.2) is 31.6 Å². The Morgan fingerprint density at radius 1 is 1.23 bits per heavy atom. The maximum atomic E-state index is 13.0. The van der Waals surface area contributed by atoms with Crippen molar-refractivity contribution in [1.82, 2.24) is 19.9 Å². The van der Waals surface area contributed by atoms with Gasteiger partial charge in [-0.1, -0.05) is 18.5 Å². The molecule has 0 aliphatic heterocycles. The smallest absolute Gasteiger partial charge is 0.306 e. The lowest BCUT2D eigenvalue weighted by Crippen LogP contribution is -2.13. The highest BCUT2D eigenvalue weighted by atomic mass is 79.9. The van der Waals surface area contributed by atoms with Gasteiger partial charge in [-0.2, -0.15) is 13.2 Å². The summed E-state index contributed by atoms with van der Waals surface area (Å²) in [6, 6.07) is 0.656. The van der Waals surface area contributed by atoms with E-state index >= 15 is 0 Å². The SMILES string of the molecule is CC(CC(=O)c1ncncc1Br)c1ncc(C(=O)Nc2cc(C(F)(F)F)c(Cl)cn2)s1. The predicted molar refractivity (Wildman–Crippen MR) is 111 cm³/mol. The zero-order chi connectivity index (χ0) is 22.8. The molecule has 1 atom stereocenters. The first-order chi connectivity index (χ1) is 14.6. The molecule has 7 nitrogen and oxygen atoms in total. The van der Waals surface area contributed by atoms with Crippen molar-refractivity contribution in [1.29, 1.82) is 0 Å². The molecule has 1 N–H and O–H groups in total. The second-order valence-corrected chi connectivity index (χ2v) is 8.64. The molecule has 3 heterocycles. The molecule has 3 rings (SSSR count). The van der Waals surface area contributed by atoms with Gasteiger partial charge < -0.3 is 5.32 Å². The highest BCUT2D eigenvalue weighted by Crippen LogP contribution is 2.35. The van der Waals surface area contributed by atoms with Gasteiger partial charge in [-0.05, 0) is 22.0 Å². The number of amides is 1. The summed E-state index contributed by atoms with van der Waals surface area (Å²) in [5.41, 5.74) is -0.863. The van der Waals surface area contributed by atoms with Crippen LogP contribution in [0.3, 0.4) is 0 Å². The number of hydrogen-bond acceptors (Lipinski definition) is 7. The van der Waals surface area contributed by atoms with Gasteiger partial charge in [0.15, 0.2) is 5.78 Å². The van der Waals surface area contributed by atoms with Crippen LogP contribution in [0.2, 0.25) is 5.02 Å². The molecule has 0 saturated carbocycles. The fraction of sp³-hybridized carbons (Fsp3) is 0.222. The van der Waals surface area contributed by atoms with Crippen molar-refractivity contribution < 1.29 is 22.8 Å². The standard InChI is InChI=1S/C18H12BrClF3N5O2S/c1-8(2-12(29)15-10(19)4-24-7-27-15)17-26-6-13(31-17)16(30)28-14-3-9(18(21,22)23)11(20)5-25-14/h3-8H,2H2,1H3,(H,25,28,30). The third-order valence-corrected chi connectivity index (χ3v) is 6.10. The number of nitrogens with zero attached hydrogens (tertiary/aromatic N) is 4. The van der Waals surface area contributed by atoms with E-state index in [1.54, 1.807) is 6.92 Å². The molecular weight excluding hydrogens is 523 g/mol. The van der Waals surface area contributed by atoms with Crippen molar-refractivity contribution in [2.45, 2.75) is 25.4 Å². The molecular formula is C18H12BrClF3N5O2S. The summed E-state index contributed by atoms with van der Waals surface area (Å²) in [6.07, 6.45) is 0.249. The molecule has 0 aromatic carbocycles. The van der Waals surface area contributed by atoms with Crippen LogP contribution in [0.4, 0.5) is 19.0 Å². The van der Waals surface area contributed by atoms with Gasteiger partial charge in [-0.25, -0.2) is 19.9 Å². The highest BCUT2D eigenvalue weighted by Gasteiger charge is 2.34. The van der Waals surface area contributed by atoms with Gasteiger partial charge in [0.05, 0.1) is 26.3 Å². The molecule has 0 aliphatic rings. The first kappa shape index (κ1) is 23.2. The van der Waals surface area contributed by atoms with Crippen LogP contribution in [0.15, 0.2) is 35.5 Å². The number of thiazole rings is 1. The van der Waals surface area contributed by atoms with Crippen LogP contribution in [0.1, 0.15) is 50.0 Å². The Kier molecular flexibility index (Phi) is 7.02. The lowest BCUT2D eigenvalue weighted by Gasteiger charge is -2.10. The number of aromatic nitrogens is 4. The molecule has 3 aromatic rings. The summed E-state index contributed by atoms with van der Waals surface area (Å²) in [6.45, 7) is 1.77. The quantitative estimate of drug-likeness (QED) is 0.426. The van der Waals surface area contributed by atoms with E-state index in [1.165, 1.54) is 18.7 Å². The molecule has 0 saturated heterocycles. The number of pyridine rings is 1. The number of rotatable bonds is 6. The number of anilines is 1. The van der Waals surface area contributed by atoms with Crippen molar-refractivity contribution >= 4 is 56.4 Å².